The molecule has 0 aliphatic heterocycles. The summed E-state index contributed by atoms with van der Waals surface area (Å²) in [6, 6.07) is 0. The zero-order valence-electron chi connectivity index (χ0n) is 17.1. The second-order valence-electron chi connectivity index (χ2n) is 6.66. The highest BCUT2D eigenvalue weighted by molar-refractivity contribution is 4.64. The number of rotatable bonds is 19. The molecule has 0 aromatic heterocycles. The number of hydrogen-bond acceptors (Lipinski definition) is 7. The van der Waals surface area contributed by atoms with Gasteiger partial charge in [-0.1, -0.05) is 13.8 Å². The molecule has 0 aliphatic carbocycles. The van der Waals surface area contributed by atoms with E-state index in [2.05, 4.69) is 46.2 Å². The minimum absolute atomic E-state index is 0.701. The Labute approximate surface area is 156 Å². The Bertz CT molecular complexity index is 260. The second kappa shape index (κ2) is 18.5. The molecule has 0 aromatic carbocycles. The van der Waals surface area contributed by atoms with Crippen molar-refractivity contribution in [1.82, 2.24) is 25.3 Å². The molecule has 0 aliphatic rings. The maximum atomic E-state index is 5.64. The van der Waals surface area contributed by atoms with Crippen molar-refractivity contribution in [1.29, 1.82) is 0 Å². The van der Waals surface area contributed by atoms with E-state index < -0.39 is 0 Å². The minimum atomic E-state index is 0.701. The fourth-order valence-corrected chi connectivity index (χ4v) is 2.80. The van der Waals surface area contributed by atoms with Crippen LogP contribution in [0.15, 0.2) is 0 Å². The summed E-state index contributed by atoms with van der Waals surface area (Å²) in [7, 11) is 2.18. The molecule has 0 heterocycles. The van der Waals surface area contributed by atoms with Crippen molar-refractivity contribution in [3.63, 3.8) is 0 Å². The molecule has 0 atom stereocenters. The smallest absolute Gasteiger partial charge is 0.0110 e. The van der Waals surface area contributed by atoms with Gasteiger partial charge in [-0.15, -0.1) is 0 Å². The van der Waals surface area contributed by atoms with E-state index in [1.54, 1.807) is 0 Å². The first kappa shape index (κ1) is 24.7. The molecule has 0 radical (unpaired) electrons. The van der Waals surface area contributed by atoms with Gasteiger partial charge < -0.3 is 31.9 Å². The van der Waals surface area contributed by atoms with E-state index in [-0.39, 0.29) is 0 Å². The maximum Gasteiger partial charge on any atom is 0.0110 e. The summed E-state index contributed by atoms with van der Waals surface area (Å²) < 4.78 is 0. The van der Waals surface area contributed by atoms with Gasteiger partial charge in [-0.25, -0.2) is 0 Å². The molecule has 25 heavy (non-hydrogen) atoms. The predicted octanol–water partition coefficient (Wildman–Crippen LogP) is -0.951. The van der Waals surface area contributed by atoms with Crippen molar-refractivity contribution in [2.75, 3.05) is 98.7 Å². The van der Waals surface area contributed by atoms with Crippen LogP contribution in [0.5, 0.6) is 0 Å². The molecular formula is C18H45N7. The fraction of sp³-hybridized carbons (Fsp3) is 1.00. The molecule has 0 saturated heterocycles. The third-order valence-electron chi connectivity index (χ3n) is 4.43. The van der Waals surface area contributed by atoms with E-state index >= 15 is 0 Å². The minimum Gasteiger partial charge on any atom is -0.329 e. The summed E-state index contributed by atoms with van der Waals surface area (Å²) in [4.78, 5) is 7.20. The molecule has 0 fully saturated rings. The Morgan fingerprint density at radius 2 is 1.24 bits per heavy atom. The number of likely N-dealkylation sites (N-methyl/N-ethyl adjacent to an activating group) is 2. The summed E-state index contributed by atoms with van der Waals surface area (Å²) in [5.41, 5.74) is 11.3. The Morgan fingerprint density at radius 3 is 1.76 bits per heavy atom. The largest absolute Gasteiger partial charge is 0.329 e. The first-order valence-electron chi connectivity index (χ1n) is 10.1. The lowest BCUT2D eigenvalue weighted by Crippen LogP contribution is -2.41. The van der Waals surface area contributed by atoms with E-state index in [4.69, 9.17) is 11.5 Å². The number of nitrogens with two attached hydrogens (primary N) is 2. The molecule has 152 valence electrons. The van der Waals surface area contributed by atoms with Crippen LogP contribution in [-0.2, 0) is 0 Å². The average molecular weight is 360 g/mol. The van der Waals surface area contributed by atoms with E-state index in [1.807, 2.05) is 0 Å². The van der Waals surface area contributed by atoms with Crippen LogP contribution in [0.2, 0.25) is 0 Å². The summed E-state index contributed by atoms with van der Waals surface area (Å²) in [6.45, 7) is 18.6. The van der Waals surface area contributed by atoms with Crippen molar-refractivity contribution in [2.45, 2.75) is 20.3 Å². The Kier molecular flexibility index (Phi) is 18.3. The number of nitrogens with zero attached hydrogens (tertiary/aromatic N) is 3. The lowest BCUT2D eigenvalue weighted by atomic mass is 10.4. The van der Waals surface area contributed by atoms with E-state index in [1.165, 1.54) is 13.0 Å². The van der Waals surface area contributed by atoms with Crippen molar-refractivity contribution < 1.29 is 0 Å². The highest BCUT2D eigenvalue weighted by atomic mass is 15.2. The summed E-state index contributed by atoms with van der Waals surface area (Å²) >= 11 is 0. The maximum absolute atomic E-state index is 5.64. The standard InChI is InChI=1S/C18H45N7/c1-4-12-24(5-2)16-11-22-9-8-21-10-15-23(3)17-18-25(13-6-19)14-7-20/h21-22H,4-20H2,1-3H3. The van der Waals surface area contributed by atoms with Crippen LogP contribution >= 0.6 is 0 Å². The van der Waals surface area contributed by atoms with Crippen LogP contribution in [0.4, 0.5) is 0 Å². The number of hydrogen-bond donors (Lipinski definition) is 4. The molecule has 0 bridgehead atoms. The lowest BCUT2D eigenvalue weighted by molar-refractivity contribution is 0.233. The monoisotopic (exact) mass is 359 g/mol. The second-order valence-corrected chi connectivity index (χ2v) is 6.66. The third kappa shape index (κ3) is 15.7. The van der Waals surface area contributed by atoms with Gasteiger partial charge in [0.15, 0.2) is 0 Å². The highest BCUT2D eigenvalue weighted by Gasteiger charge is 2.05. The van der Waals surface area contributed by atoms with Gasteiger partial charge in [0, 0.05) is 78.5 Å². The van der Waals surface area contributed by atoms with Crippen molar-refractivity contribution in [3.8, 4) is 0 Å². The topological polar surface area (TPSA) is 85.8 Å². The van der Waals surface area contributed by atoms with E-state index in [0.29, 0.717) is 13.1 Å². The van der Waals surface area contributed by atoms with Gasteiger partial charge in [-0.05, 0) is 26.6 Å². The van der Waals surface area contributed by atoms with Gasteiger partial charge in [-0.3, -0.25) is 4.90 Å². The molecule has 0 amide bonds. The van der Waals surface area contributed by atoms with Crippen LogP contribution in [-0.4, -0.2) is 113 Å². The van der Waals surface area contributed by atoms with Crippen molar-refractivity contribution >= 4 is 0 Å². The van der Waals surface area contributed by atoms with Gasteiger partial charge in [0.05, 0.1) is 0 Å². The van der Waals surface area contributed by atoms with Gasteiger partial charge in [0.2, 0.25) is 0 Å². The van der Waals surface area contributed by atoms with Gasteiger partial charge in [0.1, 0.15) is 0 Å². The van der Waals surface area contributed by atoms with Gasteiger partial charge >= 0.3 is 0 Å². The first-order chi connectivity index (χ1) is 12.2. The number of nitrogens with one attached hydrogen (secondary N) is 2. The fourth-order valence-electron chi connectivity index (χ4n) is 2.80. The van der Waals surface area contributed by atoms with Crippen molar-refractivity contribution in [2.24, 2.45) is 11.5 Å². The van der Waals surface area contributed by atoms with Crippen LogP contribution in [0.3, 0.4) is 0 Å². The SMILES string of the molecule is CCCN(CC)CCNCCNCCN(C)CCN(CCN)CCN. The van der Waals surface area contributed by atoms with E-state index in [0.717, 1.165) is 72.0 Å². The van der Waals surface area contributed by atoms with Crippen molar-refractivity contribution in [3.05, 3.63) is 0 Å². The predicted molar refractivity (Wildman–Crippen MR) is 110 cm³/mol. The first-order valence-corrected chi connectivity index (χ1v) is 10.1. The Balaban J connectivity index is 3.49. The molecule has 0 aromatic rings. The highest BCUT2D eigenvalue weighted by Crippen LogP contribution is 1.89. The molecule has 0 unspecified atom stereocenters. The Hall–Kier alpha value is -0.280. The molecule has 0 saturated carbocycles. The van der Waals surface area contributed by atoms with Crippen LogP contribution < -0.4 is 22.1 Å². The van der Waals surface area contributed by atoms with Crippen LogP contribution in [0, 0.1) is 0 Å². The summed E-state index contributed by atoms with van der Waals surface area (Å²) in [5, 5.41) is 7.03. The Morgan fingerprint density at radius 1 is 0.640 bits per heavy atom. The van der Waals surface area contributed by atoms with Gasteiger partial charge in [0.25, 0.3) is 0 Å². The van der Waals surface area contributed by atoms with Gasteiger partial charge in [-0.2, -0.15) is 0 Å². The molecule has 7 nitrogen and oxygen atoms in total. The molecule has 6 N–H and O–H groups in total. The molecule has 7 heteroatoms. The normalized spacial score (nSPS) is 12.0. The third-order valence-corrected chi connectivity index (χ3v) is 4.43. The zero-order chi connectivity index (χ0) is 18.8. The quantitative estimate of drug-likeness (QED) is 0.221. The molecule has 0 rings (SSSR count). The van der Waals surface area contributed by atoms with Crippen LogP contribution in [0.1, 0.15) is 20.3 Å². The average Bonchev–Trinajstić information content (AvgIpc) is 2.61. The van der Waals surface area contributed by atoms with Crippen LogP contribution in [0.25, 0.3) is 0 Å². The lowest BCUT2D eigenvalue weighted by Gasteiger charge is -2.24. The molecular weight excluding hydrogens is 314 g/mol. The van der Waals surface area contributed by atoms with E-state index in [9.17, 15) is 0 Å². The summed E-state index contributed by atoms with van der Waals surface area (Å²) in [5.74, 6) is 0. The zero-order valence-corrected chi connectivity index (χ0v) is 17.1. The summed E-state index contributed by atoms with van der Waals surface area (Å²) in [6.07, 6.45) is 1.24. The molecule has 0 spiro atoms.